The van der Waals surface area contributed by atoms with Gasteiger partial charge in [-0.2, -0.15) is 0 Å². The van der Waals surface area contributed by atoms with Gasteiger partial charge in [0.1, 0.15) is 0 Å². The van der Waals surface area contributed by atoms with Gasteiger partial charge >= 0.3 is 0 Å². The predicted molar refractivity (Wildman–Crippen MR) is 94.1 cm³/mol. The fraction of sp³-hybridized carbons (Fsp3) is 0.0952. The molecule has 0 bridgehead atoms. The second kappa shape index (κ2) is 5.27. The summed E-state index contributed by atoms with van der Waals surface area (Å²) in [7, 11) is 0. The van der Waals surface area contributed by atoms with Crippen LogP contribution in [0.3, 0.4) is 0 Å². The van der Waals surface area contributed by atoms with E-state index < -0.39 is 0 Å². The minimum absolute atomic E-state index is 1.05. The number of rotatable bonds is 2. The Morgan fingerprint density at radius 3 is 2.36 bits per heavy atom. The molecule has 1 nitrogen and oxygen atoms in total. The second-order valence-corrected chi connectivity index (χ2v) is 5.60. The Morgan fingerprint density at radius 1 is 0.773 bits per heavy atom. The van der Waals surface area contributed by atoms with Gasteiger partial charge in [-0.05, 0) is 41.3 Å². The standard InChI is InChI=1S/C21H17N/c1-2-15-10-12-16(13-11-15)18-7-5-9-21-19(18)14-17-6-3-4-8-20(17)22-21/h3-14H,2H2,1H3. The van der Waals surface area contributed by atoms with Gasteiger partial charge in [-0.15, -0.1) is 0 Å². The van der Waals surface area contributed by atoms with Crippen LogP contribution in [0.1, 0.15) is 12.5 Å². The van der Waals surface area contributed by atoms with Crippen molar-refractivity contribution in [1.29, 1.82) is 0 Å². The maximum Gasteiger partial charge on any atom is 0.0715 e. The topological polar surface area (TPSA) is 12.9 Å². The van der Waals surface area contributed by atoms with Crippen LogP contribution in [-0.2, 0) is 6.42 Å². The SMILES string of the molecule is CCc1ccc(-c2cccc3nc4ccccc4cc23)cc1. The third kappa shape index (κ3) is 2.15. The van der Waals surface area contributed by atoms with Crippen molar-refractivity contribution < 1.29 is 0 Å². The van der Waals surface area contributed by atoms with Gasteiger partial charge in [0.15, 0.2) is 0 Å². The molecular formula is C21H17N. The molecule has 0 fully saturated rings. The molecule has 0 saturated carbocycles. The van der Waals surface area contributed by atoms with Gasteiger partial charge in [-0.1, -0.05) is 61.5 Å². The van der Waals surface area contributed by atoms with Gasteiger partial charge in [0.2, 0.25) is 0 Å². The molecule has 1 aromatic heterocycles. The number of hydrogen-bond acceptors (Lipinski definition) is 1. The normalized spacial score (nSPS) is 11.1. The van der Waals surface area contributed by atoms with Crippen molar-refractivity contribution in [1.82, 2.24) is 4.98 Å². The quantitative estimate of drug-likeness (QED) is 0.435. The van der Waals surface area contributed by atoms with Crippen LogP contribution in [0, 0.1) is 0 Å². The third-order valence-corrected chi connectivity index (χ3v) is 4.23. The minimum Gasteiger partial charge on any atom is -0.248 e. The van der Waals surface area contributed by atoms with Crippen molar-refractivity contribution >= 4 is 21.8 Å². The van der Waals surface area contributed by atoms with Gasteiger partial charge in [0.05, 0.1) is 11.0 Å². The van der Waals surface area contributed by atoms with Crippen molar-refractivity contribution in [2.45, 2.75) is 13.3 Å². The van der Waals surface area contributed by atoms with Gasteiger partial charge in [0, 0.05) is 10.8 Å². The van der Waals surface area contributed by atoms with Crippen LogP contribution in [-0.4, -0.2) is 4.98 Å². The lowest BCUT2D eigenvalue weighted by atomic mass is 9.98. The largest absolute Gasteiger partial charge is 0.248 e. The van der Waals surface area contributed by atoms with Crippen LogP contribution < -0.4 is 0 Å². The van der Waals surface area contributed by atoms with E-state index in [0.29, 0.717) is 0 Å². The van der Waals surface area contributed by atoms with Crippen molar-refractivity contribution in [3.63, 3.8) is 0 Å². The molecule has 4 aromatic rings. The Kier molecular flexibility index (Phi) is 3.12. The molecule has 106 valence electrons. The zero-order chi connectivity index (χ0) is 14.9. The number of fused-ring (bicyclic) bond motifs is 2. The van der Waals surface area contributed by atoms with Gasteiger partial charge in [0.25, 0.3) is 0 Å². The molecule has 0 spiro atoms. The highest BCUT2D eigenvalue weighted by Crippen LogP contribution is 2.30. The average molecular weight is 283 g/mol. The average Bonchev–Trinajstić information content (AvgIpc) is 2.59. The van der Waals surface area contributed by atoms with E-state index in [1.165, 1.54) is 27.5 Å². The van der Waals surface area contributed by atoms with E-state index in [-0.39, 0.29) is 0 Å². The van der Waals surface area contributed by atoms with E-state index in [9.17, 15) is 0 Å². The smallest absolute Gasteiger partial charge is 0.0715 e. The van der Waals surface area contributed by atoms with Crippen molar-refractivity contribution in [3.8, 4) is 11.1 Å². The Hall–Kier alpha value is -2.67. The van der Waals surface area contributed by atoms with E-state index in [0.717, 1.165) is 17.5 Å². The number of nitrogens with zero attached hydrogens (tertiary/aromatic N) is 1. The van der Waals surface area contributed by atoms with Gasteiger partial charge < -0.3 is 0 Å². The van der Waals surface area contributed by atoms with Gasteiger partial charge in [-0.3, -0.25) is 0 Å². The first-order valence-corrected chi connectivity index (χ1v) is 7.73. The molecule has 0 saturated heterocycles. The van der Waals surface area contributed by atoms with E-state index in [4.69, 9.17) is 4.98 Å². The van der Waals surface area contributed by atoms with Crippen molar-refractivity contribution in [3.05, 3.63) is 78.4 Å². The summed E-state index contributed by atoms with van der Waals surface area (Å²) in [5.74, 6) is 0. The molecule has 0 atom stereocenters. The molecule has 3 aromatic carbocycles. The Morgan fingerprint density at radius 2 is 1.55 bits per heavy atom. The highest BCUT2D eigenvalue weighted by Gasteiger charge is 2.06. The molecule has 1 heterocycles. The first kappa shape index (κ1) is 13.0. The van der Waals surface area contributed by atoms with Crippen molar-refractivity contribution in [2.24, 2.45) is 0 Å². The zero-order valence-electron chi connectivity index (χ0n) is 12.6. The Bertz CT molecular complexity index is 952. The first-order valence-electron chi connectivity index (χ1n) is 7.73. The Labute approximate surface area is 130 Å². The van der Waals surface area contributed by atoms with Gasteiger partial charge in [-0.25, -0.2) is 4.98 Å². The summed E-state index contributed by atoms with van der Waals surface area (Å²) in [6.07, 6.45) is 1.07. The minimum atomic E-state index is 1.05. The Balaban J connectivity index is 1.98. The maximum absolute atomic E-state index is 4.80. The number of pyridine rings is 1. The molecule has 0 N–H and O–H groups in total. The van der Waals surface area contributed by atoms with E-state index >= 15 is 0 Å². The van der Waals surface area contributed by atoms with Crippen LogP contribution in [0.15, 0.2) is 72.8 Å². The number of para-hydroxylation sites is 1. The van der Waals surface area contributed by atoms with E-state index in [1.807, 2.05) is 6.07 Å². The second-order valence-electron chi connectivity index (χ2n) is 5.60. The number of hydrogen-bond donors (Lipinski definition) is 0. The molecule has 0 amide bonds. The molecule has 1 heteroatoms. The van der Waals surface area contributed by atoms with Crippen LogP contribution in [0.25, 0.3) is 32.9 Å². The summed E-state index contributed by atoms with van der Waals surface area (Å²) in [4.78, 5) is 4.80. The predicted octanol–water partition coefficient (Wildman–Crippen LogP) is 5.62. The van der Waals surface area contributed by atoms with Crippen LogP contribution in [0.4, 0.5) is 0 Å². The molecule has 0 radical (unpaired) electrons. The highest BCUT2D eigenvalue weighted by molar-refractivity contribution is 6.01. The fourth-order valence-electron chi connectivity index (χ4n) is 2.97. The molecule has 0 aliphatic rings. The first-order chi connectivity index (χ1) is 10.8. The molecule has 0 aliphatic carbocycles. The lowest BCUT2D eigenvalue weighted by molar-refractivity contribution is 1.14. The molecule has 4 rings (SSSR count). The maximum atomic E-state index is 4.80. The molecule has 22 heavy (non-hydrogen) atoms. The monoisotopic (exact) mass is 283 g/mol. The van der Waals surface area contributed by atoms with Crippen LogP contribution >= 0.6 is 0 Å². The summed E-state index contributed by atoms with van der Waals surface area (Å²) < 4.78 is 0. The fourth-order valence-corrected chi connectivity index (χ4v) is 2.97. The molecule has 0 unspecified atom stereocenters. The summed E-state index contributed by atoms with van der Waals surface area (Å²) >= 11 is 0. The van der Waals surface area contributed by atoms with E-state index in [1.54, 1.807) is 0 Å². The lowest BCUT2D eigenvalue weighted by Gasteiger charge is -2.09. The van der Waals surface area contributed by atoms with Crippen LogP contribution in [0.2, 0.25) is 0 Å². The summed E-state index contributed by atoms with van der Waals surface area (Å²) in [6.45, 7) is 2.18. The number of benzene rings is 3. The number of aryl methyl sites for hydroxylation is 1. The zero-order valence-corrected chi connectivity index (χ0v) is 12.6. The number of aromatic nitrogens is 1. The highest BCUT2D eigenvalue weighted by atomic mass is 14.7. The van der Waals surface area contributed by atoms with Crippen molar-refractivity contribution in [2.75, 3.05) is 0 Å². The molecular weight excluding hydrogens is 266 g/mol. The summed E-state index contributed by atoms with van der Waals surface area (Å²) in [5, 5.41) is 2.40. The lowest BCUT2D eigenvalue weighted by Crippen LogP contribution is -1.87. The summed E-state index contributed by atoms with van der Waals surface area (Å²) in [5.41, 5.74) is 5.97. The third-order valence-electron chi connectivity index (χ3n) is 4.23. The summed E-state index contributed by atoms with van der Waals surface area (Å²) in [6, 6.07) is 25.7. The molecule has 0 aliphatic heterocycles. The van der Waals surface area contributed by atoms with Crippen LogP contribution in [0.5, 0.6) is 0 Å². The van der Waals surface area contributed by atoms with E-state index in [2.05, 4.69) is 73.7 Å².